The van der Waals surface area contributed by atoms with Gasteiger partial charge in [-0.05, 0) is 0 Å². The molecular formula is C23H18ClF2N5O. The highest BCUT2D eigenvalue weighted by Crippen LogP contribution is 2.39. The van der Waals surface area contributed by atoms with E-state index in [1.807, 2.05) is 60.7 Å². The number of fused-ring (bicyclic) bond motifs is 1. The Morgan fingerprint density at radius 2 is 1.59 bits per heavy atom. The van der Waals surface area contributed by atoms with Crippen LogP contribution in [0.2, 0.25) is 5.02 Å². The van der Waals surface area contributed by atoms with Crippen molar-refractivity contribution in [3.63, 3.8) is 0 Å². The number of alkyl halides is 2. The summed E-state index contributed by atoms with van der Waals surface area (Å²) in [5.74, 6) is -2.85. The summed E-state index contributed by atoms with van der Waals surface area (Å²) in [6.45, 7) is -0.455. The van der Waals surface area contributed by atoms with Crippen LogP contribution in [0.15, 0.2) is 60.7 Å². The van der Waals surface area contributed by atoms with E-state index in [2.05, 4.69) is 15.3 Å². The molecule has 0 amide bonds. The first kappa shape index (κ1) is 20.7. The van der Waals surface area contributed by atoms with E-state index < -0.39 is 18.6 Å². The van der Waals surface area contributed by atoms with Gasteiger partial charge < -0.3 is 0 Å². The Morgan fingerprint density at radius 3 is 2.16 bits per heavy atom. The molecule has 5 rings (SSSR count). The molecule has 1 atom stereocenters. The maximum Gasteiger partial charge on any atom is 0.261 e. The minimum Gasteiger partial charge on any atom is -0.299 e. The maximum atomic E-state index is 13.9. The van der Waals surface area contributed by atoms with Crippen LogP contribution in [-0.2, 0) is 4.79 Å². The summed E-state index contributed by atoms with van der Waals surface area (Å²) in [7, 11) is 0. The zero-order valence-corrected chi connectivity index (χ0v) is 17.6. The van der Waals surface area contributed by atoms with E-state index in [0.717, 1.165) is 11.1 Å². The molecule has 6 nitrogen and oxygen atoms in total. The highest BCUT2D eigenvalue weighted by molar-refractivity contribution is 6.38. The van der Waals surface area contributed by atoms with Gasteiger partial charge in [-0.3, -0.25) is 9.69 Å². The summed E-state index contributed by atoms with van der Waals surface area (Å²) in [4.78, 5) is 13.4. The number of aromatic nitrogens is 4. The smallest absolute Gasteiger partial charge is 0.261 e. The fourth-order valence-corrected chi connectivity index (χ4v) is 4.35. The molecule has 1 aliphatic heterocycles. The third kappa shape index (κ3) is 3.55. The molecule has 32 heavy (non-hydrogen) atoms. The molecule has 1 aliphatic rings. The van der Waals surface area contributed by atoms with Gasteiger partial charge in [0.1, 0.15) is 11.4 Å². The van der Waals surface area contributed by atoms with Gasteiger partial charge in [-0.15, -0.1) is 10.2 Å². The van der Waals surface area contributed by atoms with Crippen LogP contribution in [0.3, 0.4) is 0 Å². The molecule has 1 fully saturated rings. The van der Waals surface area contributed by atoms with Crippen molar-refractivity contribution in [2.45, 2.75) is 18.5 Å². The van der Waals surface area contributed by atoms with Gasteiger partial charge in [-0.2, -0.15) is 5.10 Å². The number of halogens is 3. The summed E-state index contributed by atoms with van der Waals surface area (Å²) >= 11 is 6.82. The van der Waals surface area contributed by atoms with Gasteiger partial charge in [0.05, 0.1) is 17.0 Å². The molecule has 0 saturated carbocycles. The molecule has 2 aromatic heterocycles. The molecule has 9 heteroatoms. The van der Waals surface area contributed by atoms with Gasteiger partial charge in [-0.25, -0.2) is 13.5 Å². The second kappa shape index (κ2) is 8.03. The first-order valence-corrected chi connectivity index (χ1v) is 10.5. The zero-order chi connectivity index (χ0) is 22.3. The minimum absolute atomic E-state index is 0.0711. The lowest BCUT2D eigenvalue weighted by Crippen LogP contribution is -2.34. The van der Waals surface area contributed by atoms with Crippen molar-refractivity contribution in [3.8, 4) is 22.5 Å². The van der Waals surface area contributed by atoms with Crippen LogP contribution in [0.25, 0.3) is 33.5 Å². The van der Waals surface area contributed by atoms with E-state index in [-0.39, 0.29) is 18.6 Å². The van der Waals surface area contributed by atoms with E-state index in [0.29, 0.717) is 28.1 Å². The van der Waals surface area contributed by atoms with Crippen LogP contribution in [0.4, 0.5) is 8.78 Å². The van der Waals surface area contributed by atoms with Crippen molar-refractivity contribution in [2.75, 3.05) is 13.1 Å². The molecule has 2 aromatic carbocycles. The number of hydrogen-bond donors (Lipinski definition) is 0. The van der Waals surface area contributed by atoms with E-state index in [1.54, 1.807) is 0 Å². The number of hydrogen-bond acceptors (Lipinski definition) is 5. The molecule has 3 heterocycles. The molecule has 0 spiro atoms. The molecular weight excluding hydrogens is 436 g/mol. The SMILES string of the molecule is O=CC(N1CCC(F)(F)C1)n1nc(-c2ccccc2)c2c(Cl)c(-c3ccccc3)nnc21. The van der Waals surface area contributed by atoms with Crippen LogP contribution < -0.4 is 0 Å². The summed E-state index contributed by atoms with van der Waals surface area (Å²) < 4.78 is 29.1. The fraction of sp³-hybridized carbons (Fsp3) is 0.217. The van der Waals surface area contributed by atoms with E-state index in [1.165, 1.54) is 9.58 Å². The standard InChI is InChI=1S/C23H18ClF2N5O/c24-19-18-20(15-7-3-1-4-8-15)29-31(17(13-32)30-12-11-23(25,26)14-30)22(18)28-27-21(19)16-9-5-2-6-10-16/h1-10,13,17H,11-12,14H2. The number of nitrogens with zero attached hydrogens (tertiary/aromatic N) is 5. The van der Waals surface area contributed by atoms with Crippen molar-refractivity contribution in [1.82, 2.24) is 24.9 Å². The average Bonchev–Trinajstić information content (AvgIpc) is 3.37. The molecule has 0 N–H and O–H groups in total. The summed E-state index contributed by atoms with van der Waals surface area (Å²) in [5, 5.41) is 14.1. The Labute approximate surface area is 187 Å². The Hall–Kier alpha value is -3.23. The minimum atomic E-state index is -2.85. The van der Waals surface area contributed by atoms with Gasteiger partial charge in [0.25, 0.3) is 5.92 Å². The summed E-state index contributed by atoms with van der Waals surface area (Å²) in [6, 6.07) is 18.7. The van der Waals surface area contributed by atoms with Crippen LogP contribution in [0.5, 0.6) is 0 Å². The van der Waals surface area contributed by atoms with Crippen LogP contribution >= 0.6 is 11.6 Å². The molecule has 0 bridgehead atoms. The average molecular weight is 454 g/mol. The van der Waals surface area contributed by atoms with Crippen LogP contribution in [0, 0.1) is 0 Å². The van der Waals surface area contributed by atoms with E-state index in [4.69, 9.17) is 11.6 Å². The molecule has 4 aromatic rings. The number of carbonyl (C=O) groups is 1. The van der Waals surface area contributed by atoms with Crippen LogP contribution in [0.1, 0.15) is 12.6 Å². The lowest BCUT2D eigenvalue weighted by Gasteiger charge is -2.23. The van der Waals surface area contributed by atoms with Crippen molar-refractivity contribution in [2.24, 2.45) is 0 Å². The van der Waals surface area contributed by atoms with Crippen molar-refractivity contribution >= 4 is 28.9 Å². The Balaban J connectivity index is 1.73. The van der Waals surface area contributed by atoms with Crippen molar-refractivity contribution in [3.05, 3.63) is 65.7 Å². The maximum absolute atomic E-state index is 13.9. The van der Waals surface area contributed by atoms with Gasteiger partial charge in [0, 0.05) is 24.1 Å². The van der Waals surface area contributed by atoms with Gasteiger partial charge in [0.2, 0.25) is 0 Å². The predicted molar refractivity (Wildman–Crippen MR) is 117 cm³/mol. The molecule has 1 unspecified atom stereocenters. The second-order valence-electron chi connectivity index (χ2n) is 7.71. The normalized spacial score (nSPS) is 17.0. The van der Waals surface area contributed by atoms with Crippen LogP contribution in [-0.4, -0.2) is 50.2 Å². The third-order valence-corrected chi connectivity index (χ3v) is 5.97. The van der Waals surface area contributed by atoms with Gasteiger partial charge in [-0.1, -0.05) is 72.3 Å². The van der Waals surface area contributed by atoms with E-state index >= 15 is 0 Å². The summed E-state index contributed by atoms with van der Waals surface area (Å²) in [5.41, 5.74) is 2.80. The summed E-state index contributed by atoms with van der Waals surface area (Å²) in [6.07, 6.45) is -0.757. The zero-order valence-electron chi connectivity index (χ0n) is 16.8. The number of benzene rings is 2. The third-order valence-electron chi connectivity index (χ3n) is 5.60. The Kier molecular flexibility index (Phi) is 5.19. The topological polar surface area (TPSA) is 63.9 Å². The highest BCUT2D eigenvalue weighted by atomic mass is 35.5. The van der Waals surface area contributed by atoms with E-state index in [9.17, 15) is 13.6 Å². The second-order valence-corrected chi connectivity index (χ2v) is 8.09. The largest absolute Gasteiger partial charge is 0.299 e. The van der Waals surface area contributed by atoms with Crippen molar-refractivity contribution in [1.29, 1.82) is 0 Å². The fourth-order valence-electron chi connectivity index (χ4n) is 4.03. The number of likely N-dealkylation sites (tertiary alicyclic amines) is 1. The van der Waals surface area contributed by atoms with Gasteiger partial charge in [0.15, 0.2) is 18.1 Å². The number of aldehydes is 1. The quantitative estimate of drug-likeness (QED) is 0.404. The Bertz CT molecular complexity index is 1280. The highest BCUT2D eigenvalue weighted by Gasteiger charge is 2.42. The van der Waals surface area contributed by atoms with Gasteiger partial charge >= 0.3 is 0 Å². The molecule has 0 radical (unpaired) electrons. The Morgan fingerprint density at radius 1 is 0.969 bits per heavy atom. The predicted octanol–water partition coefficient (Wildman–Crippen LogP) is 4.85. The molecule has 0 aliphatic carbocycles. The number of carbonyl (C=O) groups excluding carboxylic acids is 1. The molecule has 1 saturated heterocycles. The first-order valence-electron chi connectivity index (χ1n) is 10.1. The molecule has 162 valence electrons. The van der Waals surface area contributed by atoms with Crippen molar-refractivity contribution < 1.29 is 13.6 Å². The lowest BCUT2D eigenvalue weighted by molar-refractivity contribution is -0.115. The monoisotopic (exact) mass is 453 g/mol. The lowest BCUT2D eigenvalue weighted by atomic mass is 10.1. The first-order chi connectivity index (χ1) is 15.5. The number of rotatable bonds is 5.